The number of carbonyl (C=O) groups excluding carboxylic acids is 1. The molecule has 0 aliphatic carbocycles. The van der Waals surface area contributed by atoms with Crippen LogP contribution in [0.3, 0.4) is 0 Å². The van der Waals surface area contributed by atoms with Gasteiger partial charge in [-0.15, -0.1) is 0 Å². The summed E-state index contributed by atoms with van der Waals surface area (Å²) < 4.78 is 6.86. The van der Waals surface area contributed by atoms with Gasteiger partial charge in [-0.1, -0.05) is 42.5 Å². The summed E-state index contributed by atoms with van der Waals surface area (Å²) in [6.07, 6.45) is 2.99. The highest BCUT2D eigenvalue weighted by Crippen LogP contribution is 2.33. The van der Waals surface area contributed by atoms with E-state index in [4.69, 9.17) is 4.74 Å². The molecule has 1 atom stereocenters. The number of carbonyl (C=O) groups is 2. The topological polar surface area (TPSA) is 105 Å². The number of carboxylic acids is 1. The third-order valence-corrected chi connectivity index (χ3v) is 4.61. The van der Waals surface area contributed by atoms with Gasteiger partial charge in [0.15, 0.2) is 0 Å². The minimum atomic E-state index is -1.12. The number of hydrogen-bond acceptors (Lipinski definition) is 5. The summed E-state index contributed by atoms with van der Waals surface area (Å²) in [6, 6.07) is 15.9. The molecule has 1 aromatic heterocycles. The van der Waals surface area contributed by atoms with E-state index in [9.17, 15) is 14.7 Å². The Morgan fingerprint density at radius 1 is 1.14 bits per heavy atom. The Morgan fingerprint density at radius 2 is 1.86 bits per heavy atom. The number of carboxylic acid groups (broad SMARTS) is 1. The van der Waals surface area contributed by atoms with E-state index in [1.165, 1.54) is 13.3 Å². The molecule has 29 heavy (non-hydrogen) atoms. The number of aromatic nitrogens is 2. The molecule has 3 N–H and O–H groups in total. The molecule has 3 aromatic rings. The lowest BCUT2D eigenvalue weighted by Crippen LogP contribution is -2.25. The van der Waals surface area contributed by atoms with Gasteiger partial charge in [0, 0.05) is 0 Å². The van der Waals surface area contributed by atoms with E-state index in [2.05, 4.69) is 15.7 Å². The van der Waals surface area contributed by atoms with Crippen LogP contribution in [0, 0.1) is 0 Å². The molecule has 146 valence electrons. The quantitative estimate of drug-likeness (QED) is 0.618. The van der Waals surface area contributed by atoms with Crippen LogP contribution in [-0.4, -0.2) is 33.9 Å². The van der Waals surface area contributed by atoms with Crippen LogP contribution in [0.15, 0.2) is 72.6 Å². The number of nitrogens with zero attached hydrogens (tertiary/aromatic N) is 2. The van der Waals surface area contributed by atoms with Crippen LogP contribution in [0.2, 0.25) is 0 Å². The van der Waals surface area contributed by atoms with Gasteiger partial charge in [-0.2, -0.15) is 5.10 Å². The van der Waals surface area contributed by atoms with Crippen molar-refractivity contribution in [2.75, 3.05) is 17.7 Å². The number of amides is 1. The van der Waals surface area contributed by atoms with Gasteiger partial charge in [0.2, 0.25) is 0 Å². The van der Waals surface area contributed by atoms with Crippen LogP contribution in [0.5, 0.6) is 5.75 Å². The molecule has 1 aliphatic heterocycles. The Kier molecular flexibility index (Phi) is 4.74. The number of fused-ring (bicyclic) bond motifs is 1. The number of ether oxygens (including phenoxy) is 1. The molecule has 0 fully saturated rings. The van der Waals surface area contributed by atoms with Gasteiger partial charge in [-0.05, 0) is 23.8 Å². The van der Waals surface area contributed by atoms with E-state index in [0.717, 1.165) is 5.56 Å². The van der Waals surface area contributed by atoms with Crippen molar-refractivity contribution < 1.29 is 19.4 Å². The number of benzene rings is 2. The summed E-state index contributed by atoms with van der Waals surface area (Å²) in [6.45, 7) is 0. The maximum atomic E-state index is 12.9. The van der Waals surface area contributed by atoms with Gasteiger partial charge in [-0.25, -0.2) is 9.48 Å². The summed E-state index contributed by atoms with van der Waals surface area (Å²) in [5.74, 6) is -0.717. The molecule has 8 nitrogen and oxygen atoms in total. The zero-order valence-electron chi connectivity index (χ0n) is 15.5. The van der Waals surface area contributed by atoms with Gasteiger partial charge in [-0.3, -0.25) is 4.79 Å². The van der Waals surface area contributed by atoms with Crippen molar-refractivity contribution in [1.82, 2.24) is 9.78 Å². The number of nitrogens with one attached hydrogen (secondary N) is 2. The summed E-state index contributed by atoms with van der Waals surface area (Å²) in [5, 5.41) is 19.5. The molecule has 1 aliphatic rings. The molecular formula is C21H18N4O4. The molecule has 0 saturated carbocycles. The highest BCUT2D eigenvalue weighted by molar-refractivity contribution is 6.09. The van der Waals surface area contributed by atoms with Crippen LogP contribution in [0.25, 0.3) is 0 Å². The molecule has 8 heteroatoms. The molecule has 0 radical (unpaired) electrons. The minimum Gasteiger partial charge on any atom is -0.495 e. The van der Waals surface area contributed by atoms with Crippen LogP contribution in [0.4, 0.5) is 11.5 Å². The standard InChI is InChI=1S/C21H18N4O4/c1-29-18-10-6-5-9-15(18)24-20(26)14-12-22-25-17(13-7-3-2-4-8-13)11-16(21(27)28)23-19(14)25/h2-12,17,23H,1H3,(H,24,26)(H,27,28)/t17-/m1/s1. The summed E-state index contributed by atoms with van der Waals surface area (Å²) in [7, 11) is 1.52. The molecule has 4 rings (SSSR count). The van der Waals surface area contributed by atoms with Crippen molar-refractivity contribution in [3.63, 3.8) is 0 Å². The first kappa shape index (κ1) is 18.3. The number of para-hydroxylation sites is 2. The number of allylic oxidation sites excluding steroid dienone is 1. The molecule has 2 heterocycles. The SMILES string of the molecule is COc1ccccc1NC(=O)c1cnn2c1NC(C(=O)O)=C[C@@H]2c1ccccc1. The zero-order chi connectivity index (χ0) is 20.4. The monoisotopic (exact) mass is 390 g/mol. The van der Waals surface area contributed by atoms with Gasteiger partial charge in [0.05, 0.1) is 25.0 Å². The second-order valence-corrected chi connectivity index (χ2v) is 6.37. The normalized spacial score (nSPS) is 14.9. The predicted octanol–water partition coefficient (Wildman–Crippen LogP) is 3.13. The minimum absolute atomic E-state index is 0.0156. The van der Waals surface area contributed by atoms with E-state index in [0.29, 0.717) is 17.3 Å². The van der Waals surface area contributed by atoms with E-state index in [-0.39, 0.29) is 11.3 Å². The smallest absolute Gasteiger partial charge is 0.352 e. The number of anilines is 2. The lowest BCUT2D eigenvalue weighted by atomic mass is 10.0. The predicted molar refractivity (Wildman–Crippen MR) is 107 cm³/mol. The van der Waals surface area contributed by atoms with Crippen molar-refractivity contribution in [2.45, 2.75) is 6.04 Å². The van der Waals surface area contributed by atoms with Crippen LogP contribution in [0.1, 0.15) is 22.0 Å². The summed E-state index contributed by atoms with van der Waals surface area (Å²) >= 11 is 0. The fraction of sp³-hybridized carbons (Fsp3) is 0.0952. The Morgan fingerprint density at radius 3 is 2.59 bits per heavy atom. The molecule has 2 aromatic carbocycles. The fourth-order valence-electron chi connectivity index (χ4n) is 3.21. The average Bonchev–Trinajstić information content (AvgIpc) is 3.18. The van der Waals surface area contributed by atoms with Gasteiger partial charge in [0.1, 0.15) is 22.8 Å². The first-order valence-corrected chi connectivity index (χ1v) is 8.87. The molecule has 0 bridgehead atoms. The van der Waals surface area contributed by atoms with Gasteiger partial charge >= 0.3 is 5.97 Å². The largest absolute Gasteiger partial charge is 0.495 e. The Labute approximate surface area is 166 Å². The van der Waals surface area contributed by atoms with E-state index < -0.39 is 17.9 Å². The molecule has 0 unspecified atom stereocenters. The van der Waals surface area contributed by atoms with Gasteiger partial charge < -0.3 is 20.5 Å². The van der Waals surface area contributed by atoms with Crippen molar-refractivity contribution in [2.24, 2.45) is 0 Å². The maximum Gasteiger partial charge on any atom is 0.352 e. The Hall–Kier alpha value is -4.07. The van der Waals surface area contributed by atoms with Gasteiger partial charge in [0.25, 0.3) is 5.91 Å². The zero-order valence-corrected chi connectivity index (χ0v) is 15.5. The lowest BCUT2D eigenvalue weighted by Gasteiger charge is -2.24. The van der Waals surface area contributed by atoms with Crippen LogP contribution < -0.4 is 15.4 Å². The highest BCUT2D eigenvalue weighted by atomic mass is 16.5. The van der Waals surface area contributed by atoms with E-state index in [1.807, 2.05) is 30.3 Å². The van der Waals surface area contributed by atoms with Crippen LogP contribution in [-0.2, 0) is 4.79 Å². The Balaban J connectivity index is 1.72. The molecular weight excluding hydrogens is 372 g/mol. The van der Waals surface area contributed by atoms with Crippen molar-refractivity contribution in [3.8, 4) is 5.75 Å². The number of methoxy groups -OCH3 is 1. The second-order valence-electron chi connectivity index (χ2n) is 6.37. The molecule has 0 spiro atoms. The highest BCUT2D eigenvalue weighted by Gasteiger charge is 2.29. The summed E-state index contributed by atoms with van der Waals surface area (Å²) in [4.78, 5) is 24.5. The van der Waals surface area contributed by atoms with Crippen molar-refractivity contribution >= 4 is 23.4 Å². The summed E-state index contributed by atoms with van der Waals surface area (Å²) in [5.41, 5.74) is 1.57. The Bertz CT molecular complexity index is 1100. The third kappa shape index (κ3) is 3.43. The number of hydrogen-bond donors (Lipinski definition) is 3. The van der Waals surface area contributed by atoms with Crippen molar-refractivity contribution in [3.05, 3.63) is 83.7 Å². The molecule has 1 amide bonds. The number of rotatable bonds is 5. The second kappa shape index (κ2) is 7.51. The number of aliphatic carboxylic acids is 1. The first-order valence-electron chi connectivity index (χ1n) is 8.87. The maximum absolute atomic E-state index is 12.9. The lowest BCUT2D eigenvalue weighted by molar-refractivity contribution is -0.132. The third-order valence-electron chi connectivity index (χ3n) is 4.61. The van der Waals surface area contributed by atoms with Crippen molar-refractivity contribution in [1.29, 1.82) is 0 Å². The van der Waals surface area contributed by atoms with Crippen LogP contribution >= 0.6 is 0 Å². The first-order chi connectivity index (χ1) is 14.1. The van der Waals surface area contributed by atoms with E-state index >= 15 is 0 Å². The van der Waals surface area contributed by atoms with E-state index in [1.54, 1.807) is 35.0 Å². The average molecular weight is 390 g/mol. The fourth-order valence-corrected chi connectivity index (χ4v) is 3.21. The molecule has 0 saturated heterocycles.